The Balaban J connectivity index is 2.27. The average Bonchev–Trinajstić information content (AvgIpc) is 2.64. The summed E-state index contributed by atoms with van der Waals surface area (Å²) < 4.78 is 16.8. The first-order valence-electron chi connectivity index (χ1n) is 7.85. The van der Waals surface area contributed by atoms with Gasteiger partial charge in [-0.05, 0) is 71.5 Å². The van der Waals surface area contributed by atoms with Crippen LogP contribution in [0, 0.1) is 3.57 Å². The van der Waals surface area contributed by atoms with E-state index < -0.39 is 12.0 Å². The summed E-state index contributed by atoms with van der Waals surface area (Å²) in [4.78, 5) is 23.1. The minimum absolute atomic E-state index is 0.304. The van der Waals surface area contributed by atoms with E-state index in [0.717, 1.165) is 0 Å². The van der Waals surface area contributed by atoms with Gasteiger partial charge >= 0.3 is 12.0 Å². The second-order valence-electron chi connectivity index (χ2n) is 5.12. The molecule has 9 heteroatoms. The summed E-state index contributed by atoms with van der Waals surface area (Å²) >= 11 is 2.03. The van der Waals surface area contributed by atoms with Gasteiger partial charge in [0, 0.05) is 0 Å². The van der Waals surface area contributed by atoms with Gasteiger partial charge in [-0.3, -0.25) is 0 Å². The fourth-order valence-corrected chi connectivity index (χ4v) is 2.81. The lowest BCUT2D eigenvalue weighted by molar-refractivity contribution is 0.0727. The molecule has 0 saturated carbocycles. The van der Waals surface area contributed by atoms with Crippen molar-refractivity contribution in [3.63, 3.8) is 0 Å². The molecule has 0 unspecified atom stereocenters. The number of primary amides is 1. The fraction of sp³-hybridized carbons (Fsp3) is 0.167. The number of urea groups is 1. The SMILES string of the molecule is CCOc1cc(/C=N/NC(N)=O)cc(I)c1OC(=O)c1ccc(OC)cc1. The average molecular weight is 483 g/mol. The van der Waals surface area contributed by atoms with E-state index in [1.54, 1.807) is 43.5 Å². The van der Waals surface area contributed by atoms with Crippen molar-refractivity contribution in [3.8, 4) is 17.2 Å². The van der Waals surface area contributed by atoms with E-state index in [1.807, 2.05) is 29.5 Å². The Labute approximate surface area is 169 Å². The van der Waals surface area contributed by atoms with E-state index >= 15 is 0 Å². The van der Waals surface area contributed by atoms with Gasteiger partial charge in [0.15, 0.2) is 11.5 Å². The minimum atomic E-state index is -0.768. The molecule has 2 amide bonds. The first kappa shape index (κ1) is 20.5. The second-order valence-corrected chi connectivity index (χ2v) is 6.28. The zero-order valence-electron chi connectivity index (χ0n) is 14.7. The highest BCUT2D eigenvalue weighted by Gasteiger charge is 2.17. The van der Waals surface area contributed by atoms with Crippen molar-refractivity contribution >= 4 is 40.8 Å². The van der Waals surface area contributed by atoms with E-state index in [-0.39, 0.29) is 0 Å². The third-order valence-corrected chi connectivity index (χ3v) is 4.04. The summed E-state index contributed by atoms with van der Waals surface area (Å²) in [5, 5.41) is 3.71. The number of hydrogen-bond acceptors (Lipinski definition) is 6. The number of methoxy groups -OCH3 is 1. The molecule has 0 aliphatic carbocycles. The highest BCUT2D eigenvalue weighted by molar-refractivity contribution is 14.1. The van der Waals surface area contributed by atoms with Crippen LogP contribution in [0.1, 0.15) is 22.8 Å². The molecule has 2 aromatic rings. The maximum Gasteiger partial charge on any atom is 0.343 e. The van der Waals surface area contributed by atoms with Crippen LogP contribution in [-0.2, 0) is 0 Å². The maximum absolute atomic E-state index is 12.4. The Hall–Kier alpha value is -2.82. The number of amides is 2. The first-order chi connectivity index (χ1) is 12.9. The van der Waals surface area contributed by atoms with Crippen molar-refractivity contribution in [1.29, 1.82) is 0 Å². The van der Waals surface area contributed by atoms with Gasteiger partial charge in [-0.25, -0.2) is 15.0 Å². The normalized spacial score (nSPS) is 10.5. The molecule has 0 saturated heterocycles. The number of rotatable bonds is 7. The number of halogens is 1. The fourth-order valence-electron chi connectivity index (χ4n) is 2.07. The molecule has 3 N–H and O–H groups in total. The molecule has 27 heavy (non-hydrogen) atoms. The topological polar surface area (TPSA) is 112 Å². The lowest BCUT2D eigenvalue weighted by atomic mass is 10.2. The summed E-state index contributed by atoms with van der Waals surface area (Å²) in [6.45, 7) is 2.20. The predicted octanol–water partition coefficient (Wildman–Crippen LogP) is 2.92. The van der Waals surface area contributed by atoms with Crippen LogP contribution < -0.4 is 25.4 Å². The van der Waals surface area contributed by atoms with Crippen molar-refractivity contribution in [2.45, 2.75) is 6.92 Å². The van der Waals surface area contributed by atoms with Gasteiger partial charge in [0.05, 0.1) is 29.1 Å². The number of nitrogens with zero attached hydrogens (tertiary/aromatic N) is 1. The smallest absolute Gasteiger partial charge is 0.343 e. The molecule has 8 nitrogen and oxygen atoms in total. The monoisotopic (exact) mass is 483 g/mol. The van der Waals surface area contributed by atoms with Crippen molar-refractivity contribution < 1.29 is 23.8 Å². The quantitative estimate of drug-likeness (QED) is 0.207. The zero-order valence-corrected chi connectivity index (χ0v) is 16.8. The van der Waals surface area contributed by atoms with Crippen molar-refractivity contribution in [2.24, 2.45) is 10.8 Å². The number of carbonyl (C=O) groups is 2. The molecular weight excluding hydrogens is 465 g/mol. The number of ether oxygens (including phenoxy) is 3. The van der Waals surface area contributed by atoms with Crippen LogP contribution in [0.4, 0.5) is 4.79 Å². The van der Waals surface area contributed by atoms with Crippen LogP contribution >= 0.6 is 22.6 Å². The zero-order chi connectivity index (χ0) is 19.8. The molecule has 0 heterocycles. The maximum atomic E-state index is 12.4. The van der Waals surface area contributed by atoms with Gasteiger partial charge in [-0.1, -0.05) is 0 Å². The molecule has 0 spiro atoms. The summed E-state index contributed by atoms with van der Waals surface area (Å²) in [5.74, 6) is 0.808. The highest BCUT2D eigenvalue weighted by Crippen LogP contribution is 2.34. The largest absolute Gasteiger partial charge is 0.497 e. The number of nitrogens with two attached hydrogens (primary N) is 1. The van der Waals surface area contributed by atoms with E-state index in [0.29, 0.717) is 38.6 Å². The number of carbonyl (C=O) groups excluding carboxylic acids is 2. The number of hydrogen-bond donors (Lipinski definition) is 2. The van der Waals surface area contributed by atoms with Crippen LogP contribution in [0.5, 0.6) is 17.2 Å². The lowest BCUT2D eigenvalue weighted by Gasteiger charge is -2.13. The number of esters is 1. The molecule has 142 valence electrons. The van der Waals surface area contributed by atoms with E-state index in [9.17, 15) is 9.59 Å². The Kier molecular flexibility index (Phi) is 7.41. The van der Waals surface area contributed by atoms with Crippen LogP contribution in [0.3, 0.4) is 0 Å². The Bertz CT molecular complexity index is 853. The molecule has 0 aromatic heterocycles. The predicted molar refractivity (Wildman–Crippen MR) is 109 cm³/mol. The highest BCUT2D eigenvalue weighted by atomic mass is 127. The molecule has 0 aliphatic rings. The molecule has 0 atom stereocenters. The molecule has 0 radical (unpaired) electrons. The molecule has 0 aliphatic heterocycles. The Morgan fingerprint density at radius 2 is 1.96 bits per heavy atom. The van der Waals surface area contributed by atoms with E-state index in [1.165, 1.54) is 6.21 Å². The Morgan fingerprint density at radius 1 is 1.26 bits per heavy atom. The van der Waals surface area contributed by atoms with E-state index in [2.05, 4.69) is 10.5 Å². The Morgan fingerprint density at radius 3 is 2.56 bits per heavy atom. The molecule has 0 fully saturated rings. The minimum Gasteiger partial charge on any atom is -0.497 e. The van der Waals surface area contributed by atoms with Gasteiger partial charge in [-0.15, -0.1) is 0 Å². The standard InChI is InChI=1S/C18H18IN3O5/c1-3-26-15-9-11(10-21-22-18(20)24)8-14(19)16(15)27-17(23)12-4-6-13(25-2)7-5-12/h4-10H,3H2,1-2H3,(H3,20,22,24)/b21-10+. The van der Waals surface area contributed by atoms with Gasteiger partial charge in [0.2, 0.25) is 0 Å². The van der Waals surface area contributed by atoms with Crippen LogP contribution in [0.2, 0.25) is 0 Å². The van der Waals surface area contributed by atoms with E-state index in [4.69, 9.17) is 19.9 Å². The van der Waals surface area contributed by atoms with Crippen LogP contribution in [-0.4, -0.2) is 31.9 Å². The second kappa shape index (κ2) is 9.76. The summed E-state index contributed by atoms with van der Waals surface area (Å²) in [6.07, 6.45) is 1.41. The molecular formula is C18H18IN3O5. The van der Waals surface area contributed by atoms with Gasteiger partial charge in [0.25, 0.3) is 0 Å². The number of nitrogens with one attached hydrogen (secondary N) is 1. The third kappa shape index (κ3) is 5.84. The molecule has 0 bridgehead atoms. The number of benzene rings is 2. The van der Waals surface area contributed by atoms with Crippen LogP contribution in [0.15, 0.2) is 41.5 Å². The van der Waals surface area contributed by atoms with Crippen molar-refractivity contribution in [1.82, 2.24) is 5.43 Å². The molecule has 2 rings (SSSR count). The third-order valence-electron chi connectivity index (χ3n) is 3.24. The first-order valence-corrected chi connectivity index (χ1v) is 8.93. The summed E-state index contributed by atoms with van der Waals surface area (Å²) in [5.41, 5.74) is 8.09. The van der Waals surface area contributed by atoms with Gasteiger partial charge in [-0.2, -0.15) is 5.10 Å². The lowest BCUT2D eigenvalue weighted by Crippen LogP contribution is -2.24. The van der Waals surface area contributed by atoms with Crippen molar-refractivity contribution in [3.05, 3.63) is 51.1 Å². The van der Waals surface area contributed by atoms with Gasteiger partial charge < -0.3 is 19.9 Å². The van der Waals surface area contributed by atoms with Gasteiger partial charge in [0.1, 0.15) is 5.75 Å². The molecule has 2 aromatic carbocycles. The van der Waals surface area contributed by atoms with Crippen molar-refractivity contribution in [2.75, 3.05) is 13.7 Å². The summed E-state index contributed by atoms with van der Waals surface area (Å²) in [6, 6.07) is 9.19. The summed E-state index contributed by atoms with van der Waals surface area (Å²) in [7, 11) is 1.55. The number of hydrazone groups is 1. The van der Waals surface area contributed by atoms with Crippen LogP contribution in [0.25, 0.3) is 0 Å².